The first-order valence-electron chi connectivity index (χ1n) is 11.9. The van der Waals surface area contributed by atoms with Gasteiger partial charge in [-0.3, -0.25) is 4.79 Å². The number of benzene rings is 3. The van der Waals surface area contributed by atoms with Crippen LogP contribution in [0, 0.1) is 18.3 Å². The van der Waals surface area contributed by atoms with E-state index in [-0.39, 0.29) is 40.7 Å². The van der Waals surface area contributed by atoms with Crippen LogP contribution in [-0.2, 0) is 27.5 Å². The predicted octanol–water partition coefficient (Wildman–Crippen LogP) is 6.45. The minimum Gasteiger partial charge on any atom is -0.490 e. The molecule has 0 fully saturated rings. The third-order valence-corrected chi connectivity index (χ3v) is 6.68. The third kappa shape index (κ3) is 7.51. The van der Waals surface area contributed by atoms with Gasteiger partial charge in [0.2, 0.25) is 0 Å². The Bertz CT molecular complexity index is 1590. The molecule has 1 amide bonds. The van der Waals surface area contributed by atoms with Gasteiger partial charge in [-0.2, -0.15) is 26.9 Å². The van der Waals surface area contributed by atoms with Crippen LogP contribution in [-0.4, -0.2) is 20.9 Å². The third-order valence-electron chi connectivity index (χ3n) is 5.44. The molecular weight excluding hydrogens is 545 g/mol. The fourth-order valence-corrected chi connectivity index (χ4v) is 4.56. The van der Waals surface area contributed by atoms with Gasteiger partial charge in [0.05, 0.1) is 12.2 Å². The highest BCUT2D eigenvalue weighted by Gasteiger charge is 2.30. The molecule has 0 saturated carbocycles. The number of ether oxygens (including phenoxy) is 1. The van der Waals surface area contributed by atoms with Crippen LogP contribution in [0.15, 0.2) is 83.8 Å². The van der Waals surface area contributed by atoms with Gasteiger partial charge in [-0.15, -0.1) is 6.58 Å². The maximum atomic E-state index is 13.0. The molecule has 0 saturated heterocycles. The minimum atomic E-state index is -4.61. The van der Waals surface area contributed by atoms with Crippen LogP contribution in [0.2, 0.25) is 0 Å². The zero-order valence-corrected chi connectivity index (χ0v) is 22.4. The van der Waals surface area contributed by atoms with E-state index < -0.39 is 33.3 Å². The van der Waals surface area contributed by atoms with Gasteiger partial charge >= 0.3 is 16.3 Å². The number of halogens is 3. The van der Waals surface area contributed by atoms with Crippen LogP contribution in [0.5, 0.6) is 11.5 Å². The number of carbonyl (C=O) groups is 1. The molecule has 0 radical (unpaired) electrons. The van der Waals surface area contributed by atoms with Gasteiger partial charge in [-0.25, -0.2) is 0 Å². The first-order valence-corrected chi connectivity index (χ1v) is 13.3. The molecule has 0 spiro atoms. The van der Waals surface area contributed by atoms with E-state index in [4.69, 9.17) is 8.92 Å². The number of carbonyl (C=O) groups excluding carboxylic acids is 1. The van der Waals surface area contributed by atoms with E-state index in [1.54, 1.807) is 25.1 Å². The molecule has 0 aromatic heterocycles. The normalized spacial score (nSPS) is 11.8. The largest absolute Gasteiger partial charge is 0.490 e. The van der Waals surface area contributed by atoms with Crippen molar-refractivity contribution in [3.8, 4) is 17.6 Å². The van der Waals surface area contributed by atoms with E-state index in [0.29, 0.717) is 5.56 Å². The Labute approximate surface area is 230 Å². The van der Waals surface area contributed by atoms with E-state index in [1.165, 1.54) is 42.5 Å². The average molecular weight is 571 g/mol. The van der Waals surface area contributed by atoms with Crippen LogP contribution in [0.4, 0.5) is 18.9 Å². The highest BCUT2D eigenvalue weighted by molar-refractivity contribution is 7.87. The Morgan fingerprint density at radius 3 is 2.42 bits per heavy atom. The summed E-state index contributed by atoms with van der Waals surface area (Å²) >= 11 is 0. The number of rotatable bonds is 10. The molecule has 3 aromatic rings. The number of alkyl halides is 3. The van der Waals surface area contributed by atoms with Crippen LogP contribution >= 0.6 is 0 Å². The van der Waals surface area contributed by atoms with Crippen molar-refractivity contribution in [2.24, 2.45) is 0 Å². The quantitative estimate of drug-likeness (QED) is 0.130. The zero-order chi connectivity index (χ0) is 29.5. The molecule has 1 N–H and O–H groups in total. The summed E-state index contributed by atoms with van der Waals surface area (Å²) in [6.45, 7) is 7.32. The number of nitrogens with zero attached hydrogens (tertiary/aromatic N) is 1. The smallest absolute Gasteiger partial charge is 0.416 e. The highest BCUT2D eigenvalue weighted by atomic mass is 32.2. The molecule has 11 heteroatoms. The maximum Gasteiger partial charge on any atom is 0.416 e. The maximum absolute atomic E-state index is 13.0. The standard InChI is InChI=1S/C29H25F3N2O5S/c1-4-7-21-14-20(15-22(18-33)28(35)34-24-9-6-8-23(17-24)29(30,31)32)16-26(38-5-2)27(21)39-40(36,37)25-12-10-19(3)11-13-25/h4,6,8-17H,1,5,7H2,2-3H3,(H,34,35)/b22-15+. The Hall–Kier alpha value is -4.56. The number of hydrogen-bond donors (Lipinski definition) is 1. The van der Waals surface area contributed by atoms with Crippen molar-refractivity contribution in [1.82, 2.24) is 0 Å². The van der Waals surface area contributed by atoms with Crippen molar-refractivity contribution >= 4 is 27.8 Å². The van der Waals surface area contributed by atoms with Crippen molar-refractivity contribution < 1.29 is 35.3 Å². The number of hydrogen-bond acceptors (Lipinski definition) is 6. The summed E-state index contributed by atoms with van der Waals surface area (Å²) in [4.78, 5) is 12.7. The van der Waals surface area contributed by atoms with Crippen molar-refractivity contribution in [3.05, 3.63) is 101 Å². The molecule has 0 atom stereocenters. The van der Waals surface area contributed by atoms with Crippen LogP contribution in [0.1, 0.15) is 29.2 Å². The molecule has 0 aliphatic carbocycles. The van der Waals surface area contributed by atoms with Gasteiger partial charge in [0.1, 0.15) is 16.5 Å². The van der Waals surface area contributed by atoms with Crippen LogP contribution in [0.25, 0.3) is 6.08 Å². The molecule has 0 aliphatic heterocycles. The minimum absolute atomic E-state index is 0.0411. The lowest BCUT2D eigenvalue weighted by atomic mass is 10.0. The lowest BCUT2D eigenvalue weighted by molar-refractivity contribution is -0.137. The Morgan fingerprint density at radius 1 is 1.12 bits per heavy atom. The SMILES string of the molecule is C=CCc1cc(/C=C(\C#N)C(=O)Nc2cccc(C(F)(F)F)c2)cc(OCC)c1OS(=O)(=O)c1ccc(C)cc1. The van der Waals surface area contributed by atoms with Crippen molar-refractivity contribution in [3.63, 3.8) is 0 Å². The molecule has 3 aromatic carbocycles. The van der Waals surface area contributed by atoms with Gasteiger partial charge in [-0.05, 0) is 74.4 Å². The van der Waals surface area contributed by atoms with E-state index in [2.05, 4.69) is 11.9 Å². The molecule has 3 rings (SSSR count). The first-order chi connectivity index (χ1) is 18.9. The molecule has 0 unspecified atom stereocenters. The second-order valence-electron chi connectivity index (χ2n) is 8.49. The summed E-state index contributed by atoms with van der Waals surface area (Å²) < 4.78 is 76.2. The van der Waals surface area contributed by atoms with Gasteiger partial charge in [0.15, 0.2) is 11.5 Å². The summed E-state index contributed by atoms with van der Waals surface area (Å²) in [6, 6.07) is 14.7. The average Bonchev–Trinajstić information content (AvgIpc) is 2.89. The second-order valence-corrected chi connectivity index (χ2v) is 10.0. The van der Waals surface area contributed by atoms with E-state index in [1.807, 2.05) is 6.92 Å². The summed E-state index contributed by atoms with van der Waals surface area (Å²) in [7, 11) is -4.24. The van der Waals surface area contributed by atoms with Crippen LogP contribution in [0.3, 0.4) is 0 Å². The number of aryl methyl sites for hydroxylation is 1. The van der Waals surface area contributed by atoms with Gasteiger partial charge in [0.25, 0.3) is 5.91 Å². The Balaban J connectivity index is 2.00. The fraction of sp³-hybridized carbons (Fsp3) is 0.172. The number of allylic oxidation sites excluding steroid dienone is 1. The predicted molar refractivity (Wildman–Crippen MR) is 144 cm³/mol. The van der Waals surface area contributed by atoms with Crippen molar-refractivity contribution in [2.75, 3.05) is 11.9 Å². The summed E-state index contributed by atoms with van der Waals surface area (Å²) in [5, 5.41) is 11.9. The van der Waals surface area contributed by atoms with Gasteiger partial charge < -0.3 is 14.2 Å². The lowest BCUT2D eigenvalue weighted by Crippen LogP contribution is -2.14. The second kappa shape index (κ2) is 12.5. The monoisotopic (exact) mass is 570 g/mol. The Kier molecular flexibility index (Phi) is 9.39. The summed E-state index contributed by atoms with van der Waals surface area (Å²) in [5.41, 5.74) is -0.0180. The van der Waals surface area contributed by atoms with Crippen molar-refractivity contribution in [2.45, 2.75) is 31.3 Å². The first kappa shape index (κ1) is 30.0. The molecule has 0 bridgehead atoms. The Morgan fingerprint density at radius 2 is 1.82 bits per heavy atom. The topological polar surface area (TPSA) is 105 Å². The summed E-state index contributed by atoms with van der Waals surface area (Å²) in [6.07, 6.45) is -1.74. The van der Waals surface area contributed by atoms with E-state index in [0.717, 1.165) is 23.8 Å². The van der Waals surface area contributed by atoms with Gasteiger partial charge in [-0.1, -0.05) is 29.8 Å². The molecule has 0 aliphatic rings. The van der Waals surface area contributed by atoms with Crippen molar-refractivity contribution in [1.29, 1.82) is 5.26 Å². The summed E-state index contributed by atoms with van der Waals surface area (Å²) in [5.74, 6) is -0.974. The molecule has 7 nitrogen and oxygen atoms in total. The van der Waals surface area contributed by atoms with Gasteiger partial charge in [0, 0.05) is 11.3 Å². The number of nitriles is 1. The molecule has 40 heavy (non-hydrogen) atoms. The lowest BCUT2D eigenvalue weighted by Gasteiger charge is -2.17. The van der Waals surface area contributed by atoms with E-state index in [9.17, 15) is 31.6 Å². The number of anilines is 1. The molecule has 208 valence electrons. The fourth-order valence-electron chi connectivity index (χ4n) is 3.58. The number of amides is 1. The highest BCUT2D eigenvalue weighted by Crippen LogP contribution is 2.37. The zero-order valence-electron chi connectivity index (χ0n) is 21.6. The molecule has 0 heterocycles. The van der Waals surface area contributed by atoms with E-state index >= 15 is 0 Å². The number of nitrogens with one attached hydrogen (secondary N) is 1. The van der Waals surface area contributed by atoms with Crippen LogP contribution < -0.4 is 14.2 Å². The molecular formula is C29H25F3N2O5S.